The van der Waals surface area contributed by atoms with Crippen LogP contribution in [0.4, 0.5) is 0 Å². The average molecular weight is 466 g/mol. The van der Waals surface area contributed by atoms with Crippen LogP contribution in [0.15, 0.2) is 59.5 Å². The second-order valence-electron chi connectivity index (χ2n) is 8.18. The van der Waals surface area contributed by atoms with Crippen molar-refractivity contribution in [3.8, 4) is 5.75 Å². The molecule has 4 rings (SSSR count). The SMILES string of the molecule is COc1ccc(CN(CCN2CCOCC2)Cc2nc(C(=O)NCc3cccnc3)co2)cc1. The summed E-state index contributed by atoms with van der Waals surface area (Å²) < 4.78 is 16.4. The number of oxazole rings is 1. The van der Waals surface area contributed by atoms with Crippen LogP contribution in [0.5, 0.6) is 5.75 Å². The van der Waals surface area contributed by atoms with E-state index in [0.717, 1.165) is 57.3 Å². The molecule has 9 nitrogen and oxygen atoms in total. The summed E-state index contributed by atoms with van der Waals surface area (Å²) >= 11 is 0. The van der Waals surface area contributed by atoms with E-state index < -0.39 is 0 Å². The molecule has 0 radical (unpaired) electrons. The van der Waals surface area contributed by atoms with E-state index in [1.807, 2.05) is 24.3 Å². The third kappa shape index (κ3) is 7.11. The van der Waals surface area contributed by atoms with Crippen LogP contribution >= 0.6 is 0 Å². The predicted octanol–water partition coefficient (Wildman–Crippen LogP) is 2.34. The molecule has 0 atom stereocenters. The van der Waals surface area contributed by atoms with Crippen LogP contribution in [0.3, 0.4) is 0 Å². The Morgan fingerprint density at radius 3 is 2.71 bits per heavy atom. The molecule has 1 saturated heterocycles. The highest BCUT2D eigenvalue weighted by Crippen LogP contribution is 2.15. The fourth-order valence-electron chi connectivity index (χ4n) is 3.77. The first-order valence-corrected chi connectivity index (χ1v) is 11.5. The minimum absolute atomic E-state index is 0.270. The highest BCUT2D eigenvalue weighted by molar-refractivity contribution is 5.91. The summed E-state index contributed by atoms with van der Waals surface area (Å²) in [6.45, 7) is 6.83. The molecule has 0 bridgehead atoms. The second kappa shape index (κ2) is 12.3. The van der Waals surface area contributed by atoms with Crippen LogP contribution < -0.4 is 10.1 Å². The molecule has 0 saturated carbocycles. The van der Waals surface area contributed by atoms with E-state index >= 15 is 0 Å². The lowest BCUT2D eigenvalue weighted by Gasteiger charge is -2.29. The summed E-state index contributed by atoms with van der Waals surface area (Å²) in [5, 5.41) is 2.86. The Balaban J connectivity index is 1.37. The smallest absolute Gasteiger partial charge is 0.273 e. The first-order chi connectivity index (χ1) is 16.7. The summed E-state index contributed by atoms with van der Waals surface area (Å²) in [7, 11) is 1.66. The highest BCUT2D eigenvalue weighted by atomic mass is 16.5. The Hall–Kier alpha value is -3.27. The third-order valence-corrected chi connectivity index (χ3v) is 5.72. The van der Waals surface area contributed by atoms with Gasteiger partial charge in [-0.15, -0.1) is 0 Å². The van der Waals surface area contributed by atoms with Gasteiger partial charge in [0.1, 0.15) is 12.0 Å². The van der Waals surface area contributed by atoms with Crippen molar-refractivity contribution in [1.82, 2.24) is 25.1 Å². The Morgan fingerprint density at radius 2 is 1.97 bits per heavy atom. The number of hydrogen-bond donors (Lipinski definition) is 1. The average Bonchev–Trinajstić information content (AvgIpc) is 3.36. The van der Waals surface area contributed by atoms with Gasteiger partial charge in [-0.2, -0.15) is 0 Å². The summed E-state index contributed by atoms with van der Waals surface area (Å²) in [4.78, 5) is 25.7. The largest absolute Gasteiger partial charge is 0.497 e. The van der Waals surface area contributed by atoms with Gasteiger partial charge in [0.2, 0.25) is 5.89 Å². The van der Waals surface area contributed by atoms with Gasteiger partial charge in [0.25, 0.3) is 5.91 Å². The Kier molecular flexibility index (Phi) is 8.61. The van der Waals surface area contributed by atoms with Gasteiger partial charge < -0.3 is 19.2 Å². The highest BCUT2D eigenvalue weighted by Gasteiger charge is 2.17. The van der Waals surface area contributed by atoms with E-state index in [-0.39, 0.29) is 11.6 Å². The van der Waals surface area contributed by atoms with E-state index in [1.165, 1.54) is 11.8 Å². The van der Waals surface area contributed by atoms with E-state index in [1.54, 1.807) is 19.5 Å². The van der Waals surface area contributed by atoms with Gasteiger partial charge in [0, 0.05) is 51.7 Å². The Morgan fingerprint density at radius 1 is 1.15 bits per heavy atom. The van der Waals surface area contributed by atoms with E-state index in [0.29, 0.717) is 19.0 Å². The number of morpholine rings is 1. The molecule has 1 amide bonds. The molecule has 180 valence electrons. The quantitative estimate of drug-likeness (QED) is 0.461. The number of amides is 1. The van der Waals surface area contributed by atoms with Gasteiger partial charge in [0.05, 0.1) is 26.9 Å². The Labute approximate surface area is 199 Å². The van der Waals surface area contributed by atoms with E-state index in [2.05, 4.69) is 37.2 Å². The zero-order chi connectivity index (χ0) is 23.6. The number of hydrogen-bond acceptors (Lipinski definition) is 8. The molecule has 1 aliphatic rings. The number of aromatic nitrogens is 2. The number of carbonyl (C=O) groups excluding carboxylic acids is 1. The predicted molar refractivity (Wildman–Crippen MR) is 126 cm³/mol. The van der Waals surface area contributed by atoms with E-state index in [9.17, 15) is 4.79 Å². The number of nitrogens with zero attached hydrogens (tertiary/aromatic N) is 4. The van der Waals surface area contributed by atoms with Crippen molar-refractivity contribution in [2.45, 2.75) is 19.6 Å². The molecule has 0 spiro atoms. The molecule has 9 heteroatoms. The van der Waals surface area contributed by atoms with Crippen LogP contribution in [-0.4, -0.2) is 72.2 Å². The summed E-state index contributed by atoms with van der Waals surface area (Å²) in [5.74, 6) is 1.08. The molecule has 2 aromatic heterocycles. The number of benzene rings is 1. The minimum Gasteiger partial charge on any atom is -0.497 e. The molecular weight excluding hydrogens is 434 g/mol. The lowest BCUT2D eigenvalue weighted by Crippen LogP contribution is -2.41. The van der Waals surface area contributed by atoms with Crippen LogP contribution in [-0.2, 0) is 24.4 Å². The third-order valence-electron chi connectivity index (χ3n) is 5.72. The Bertz CT molecular complexity index is 1020. The molecule has 1 N–H and O–H groups in total. The van der Waals surface area contributed by atoms with Crippen molar-refractivity contribution in [3.05, 3.63) is 77.8 Å². The number of ether oxygens (including phenoxy) is 2. The van der Waals surface area contributed by atoms with Crippen LogP contribution in [0, 0.1) is 0 Å². The number of rotatable bonds is 11. The number of methoxy groups -OCH3 is 1. The molecule has 3 aromatic rings. The zero-order valence-corrected chi connectivity index (χ0v) is 19.5. The van der Waals surface area contributed by atoms with Crippen molar-refractivity contribution < 1.29 is 18.7 Å². The minimum atomic E-state index is -0.270. The summed E-state index contributed by atoms with van der Waals surface area (Å²) in [6.07, 6.45) is 4.84. The summed E-state index contributed by atoms with van der Waals surface area (Å²) in [6, 6.07) is 11.8. The number of carbonyl (C=O) groups is 1. The topological polar surface area (TPSA) is 93.0 Å². The number of pyridine rings is 1. The maximum Gasteiger partial charge on any atom is 0.273 e. The van der Waals surface area contributed by atoms with Gasteiger partial charge in [-0.1, -0.05) is 18.2 Å². The molecule has 1 aromatic carbocycles. The first-order valence-electron chi connectivity index (χ1n) is 11.5. The molecule has 0 unspecified atom stereocenters. The molecule has 34 heavy (non-hydrogen) atoms. The van der Waals surface area contributed by atoms with Gasteiger partial charge in [-0.3, -0.25) is 19.6 Å². The first kappa shape index (κ1) is 23.9. The van der Waals surface area contributed by atoms with Crippen molar-refractivity contribution in [2.24, 2.45) is 0 Å². The maximum atomic E-state index is 12.5. The van der Waals surface area contributed by atoms with Crippen LogP contribution in [0.1, 0.15) is 27.5 Å². The maximum absolute atomic E-state index is 12.5. The van der Waals surface area contributed by atoms with Crippen LogP contribution in [0.25, 0.3) is 0 Å². The van der Waals surface area contributed by atoms with Gasteiger partial charge in [0.15, 0.2) is 5.69 Å². The molecule has 1 aliphatic heterocycles. The summed E-state index contributed by atoms with van der Waals surface area (Å²) in [5.41, 5.74) is 2.37. The fraction of sp³-hybridized carbons (Fsp3) is 0.400. The lowest BCUT2D eigenvalue weighted by atomic mass is 10.2. The van der Waals surface area contributed by atoms with E-state index in [4.69, 9.17) is 13.9 Å². The molecule has 3 heterocycles. The van der Waals surface area contributed by atoms with Gasteiger partial charge in [-0.25, -0.2) is 4.98 Å². The van der Waals surface area contributed by atoms with Crippen LogP contribution in [0.2, 0.25) is 0 Å². The zero-order valence-electron chi connectivity index (χ0n) is 19.5. The molecule has 1 fully saturated rings. The second-order valence-corrected chi connectivity index (χ2v) is 8.18. The standard InChI is InChI=1S/C25H31N5O4/c1-32-22-6-4-20(5-7-22)17-30(10-9-29-11-13-33-14-12-29)18-24-28-23(19-34-24)25(31)27-16-21-3-2-8-26-15-21/h2-8,15,19H,9-14,16-18H2,1H3,(H,27,31). The monoisotopic (exact) mass is 465 g/mol. The van der Waals surface area contributed by atoms with Gasteiger partial charge >= 0.3 is 0 Å². The normalized spacial score (nSPS) is 14.3. The van der Waals surface area contributed by atoms with Crippen molar-refractivity contribution in [1.29, 1.82) is 0 Å². The lowest BCUT2D eigenvalue weighted by molar-refractivity contribution is 0.0320. The molecular formula is C25H31N5O4. The van der Waals surface area contributed by atoms with Gasteiger partial charge in [-0.05, 0) is 29.3 Å². The number of nitrogens with one attached hydrogen (secondary N) is 1. The van der Waals surface area contributed by atoms with Crippen molar-refractivity contribution in [3.63, 3.8) is 0 Å². The van der Waals surface area contributed by atoms with Crippen molar-refractivity contribution in [2.75, 3.05) is 46.5 Å². The van der Waals surface area contributed by atoms with Crippen molar-refractivity contribution >= 4 is 5.91 Å². The molecule has 0 aliphatic carbocycles. The fourth-order valence-corrected chi connectivity index (χ4v) is 3.77.